The fourth-order valence-corrected chi connectivity index (χ4v) is 3.48. The lowest BCUT2D eigenvalue weighted by Crippen LogP contribution is -2.38. The number of carbonyl (C=O) groups excluding carboxylic acids is 1. The van der Waals surface area contributed by atoms with Crippen LogP contribution in [0, 0.1) is 13.8 Å². The average molecular weight is 392 g/mol. The second-order valence-corrected chi connectivity index (χ2v) is 8.15. The summed E-state index contributed by atoms with van der Waals surface area (Å²) in [6.07, 6.45) is 3.75. The summed E-state index contributed by atoms with van der Waals surface area (Å²) in [6, 6.07) is 4.09. The molecule has 0 aliphatic carbocycles. The van der Waals surface area contributed by atoms with Crippen molar-refractivity contribution < 1.29 is 24.2 Å². The smallest absolute Gasteiger partial charge is 0.409 e. The van der Waals surface area contributed by atoms with Gasteiger partial charge in [-0.05, 0) is 57.2 Å². The largest absolute Gasteiger partial charge is 0.478 e. The first-order valence-electron chi connectivity index (χ1n) is 10.1. The predicted molar refractivity (Wildman–Crippen MR) is 108 cm³/mol. The lowest BCUT2D eigenvalue weighted by atomic mass is 9.94. The number of aliphatic carboxylic acids is 1. The lowest BCUT2D eigenvalue weighted by molar-refractivity contribution is -0.152. The van der Waals surface area contributed by atoms with Crippen LogP contribution in [0.25, 0.3) is 0 Å². The molecule has 1 N–H and O–H groups in total. The topological polar surface area (TPSA) is 76.1 Å². The number of amides is 1. The van der Waals surface area contributed by atoms with E-state index in [-0.39, 0.29) is 12.0 Å². The first kappa shape index (κ1) is 22.1. The zero-order valence-electron chi connectivity index (χ0n) is 17.7. The molecule has 1 fully saturated rings. The molecule has 156 valence electrons. The number of aryl methyl sites for hydroxylation is 2. The Bertz CT molecular complexity index is 690. The maximum atomic E-state index is 12.2. The van der Waals surface area contributed by atoms with Crippen LogP contribution < -0.4 is 4.74 Å². The predicted octanol–water partition coefficient (Wildman–Crippen LogP) is 4.66. The standard InChI is InChI=1S/C22H33NO5/c1-6-7-8-11-27-21(26)23-10-9-17(14-23)18-12-15(2)19(16(3)13-18)28-22(4,5)20(24)25/h12-13,17H,6-11,14H2,1-5H3,(H,24,25). The molecule has 6 heteroatoms. The van der Waals surface area contributed by atoms with Crippen molar-refractivity contribution in [2.75, 3.05) is 19.7 Å². The van der Waals surface area contributed by atoms with Gasteiger partial charge in [0.1, 0.15) is 5.75 Å². The Labute approximate surface area is 167 Å². The number of hydrogen-bond acceptors (Lipinski definition) is 4. The lowest BCUT2D eigenvalue weighted by Gasteiger charge is -2.25. The number of nitrogens with zero attached hydrogens (tertiary/aromatic N) is 1. The van der Waals surface area contributed by atoms with E-state index in [2.05, 4.69) is 6.92 Å². The van der Waals surface area contributed by atoms with Gasteiger partial charge < -0.3 is 19.5 Å². The number of rotatable bonds is 8. The molecule has 0 aromatic heterocycles. The van der Waals surface area contributed by atoms with Gasteiger partial charge in [-0.25, -0.2) is 9.59 Å². The van der Waals surface area contributed by atoms with Crippen molar-refractivity contribution in [1.82, 2.24) is 4.90 Å². The van der Waals surface area contributed by atoms with Crippen LogP contribution in [-0.2, 0) is 9.53 Å². The van der Waals surface area contributed by atoms with Crippen LogP contribution in [0.5, 0.6) is 5.75 Å². The maximum absolute atomic E-state index is 12.2. The molecule has 1 aliphatic heterocycles. The average Bonchev–Trinajstić information content (AvgIpc) is 3.11. The Hall–Kier alpha value is -2.24. The van der Waals surface area contributed by atoms with Crippen molar-refractivity contribution >= 4 is 12.1 Å². The van der Waals surface area contributed by atoms with Gasteiger partial charge in [0.15, 0.2) is 5.60 Å². The van der Waals surface area contributed by atoms with Crippen molar-refractivity contribution in [3.05, 3.63) is 28.8 Å². The molecule has 1 saturated heterocycles. The van der Waals surface area contributed by atoms with E-state index in [4.69, 9.17) is 9.47 Å². The van der Waals surface area contributed by atoms with E-state index < -0.39 is 11.6 Å². The van der Waals surface area contributed by atoms with Gasteiger partial charge >= 0.3 is 12.1 Å². The highest BCUT2D eigenvalue weighted by atomic mass is 16.6. The molecule has 0 spiro atoms. The molecular weight excluding hydrogens is 358 g/mol. The Morgan fingerprint density at radius 1 is 1.21 bits per heavy atom. The van der Waals surface area contributed by atoms with Crippen LogP contribution in [0.2, 0.25) is 0 Å². The normalized spacial score (nSPS) is 16.9. The van der Waals surface area contributed by atoms with Gasteiger partial charge in [-0.3, -0.25) is 0 Å². The monoisotopic (exact) mass is 391 g/mol. The van der Waals surface area contributed by atoms with Crippen molar-refractivity contribution in [3.8, 4) is 5.75 Å². The zero-order valence-corrected chi connectivity index (χ0v) is 17.7. The van der Waals surface area contributed by atoms with E-state index in [1.54, 1.807) is 18.7 Å². The van der Waals surface area contributed by atoms with Crippen LogP contribution in [0.3, 0.4) is 0 Å². The minimum absolute atomic E-state index is 0.227. The molecule has 28 heavy (non-hydrogen) atoms. The first-order chi connectivity index (χ1) is 13.2. The fraction of sp³-hybridized carbons (Fsp3) is 0.636. The van der Waals surface area contributed by atoms with Crippen LogP contribution >= 0.6 is 0 Å². The van der Waals surface area contributed by atoms with E-state index in [9.17, 15) is 14.7 Å². The summed E-state index contributed by atoms with van der Waals surface area (Å²) in [5, 5.41) is 9.31. The van der Waals surface area contributed by atoms with Crippen molar-refractivity contribution in [3.63, 3.8) is 0 Å². The Kier molecular flexibility index (Phi) is 7.33. The Morgan fingerprint density at radius 2 is 1.86 bits per heavy atom. The summed E-state index contributed by atoms with van der Waals surface area (Å²) in [7, 11) is 0. The van der Waals surface area contributed by atoms with Gasteiger partial charge in [0, 0.05) is 19.0 Å². The van der Waals surface area contributed by atoms with Crippen LogP contribution in [-0.4, -0.2) is 47.4 Å². The second-order valence-electron chi connectivity index (χ2n) is 8.15. The quantitative estimate of drug-likeness (QED) is 0.652. The molecule has 0 bridgehead atoms. The number of hydrogen-bond donors (Lipinski definition) is 1. The number of benzene rings is 1. The van der Waals surface area contributed by atoms with E-state index in [0.717, 1.165) is 42.4 Å². The second kappa shape index (κ2) is 9.30. The van der Waals surface area contributed by atoms with Gasteiger partial charge in [0.05, 0.1) is 6.61 Å². The first-order valence-corrected chi connectivity index (χ1v) is 10.1. The van der Waals surface area contributed by atoms with E-state index in [0.29, 0.717) is 25.4 Å². The summed E-state index contributed by atoms with van der Waals surface area (Å²) >= 11 is 0. The van der Waals surface area contributed by atoms with Crippen molar-refractivity contribution in [1.29, 1.82) is 0 Å². The van der Waals surface area contributed by atoms with Gasteiger partial charge in [0.25, 0.3) is 0 Å². The van der Waals surface area contributed by atoms with E-state index in [1.165, 1.54) is 0 Å². The highest BCUT2D eigenvalue weighted by molar-refractivity contribution is 5.77. The minimum Gasteiger partial charge on any atom is -0.478 e. The molecule has 1 amide bonds. The van der Waals surface area contributed by atoms with Gasteiger partial charge in [-0.2, -0.15) is 0 Å². The number of carboxylic acids is 1. The van der Waals surface area contributed by atoms with Crippen molar-refractivity contribution in [2.45, 2.75) is 71.8 Å². The highest BCUT2D eigenvalue weighted by Gasteiger charge is 2.32. The van der Waals surface area contributed by atoms with Gasteiger partial charge in [0.2, 0.25) is 0 Å². The number of carboxylic acid groups (broad SMARTS) is 1. The third kappa shape index (κ3) is 5.40. The molecule has 0 radical (unpaired) electrons. The molecule has 1 heterocycles. The highest BCUT2D eigenvalue weighted by Crippen LogP contribution is 2.34. The maximum Gasteiger partial charge on any atom is 0.409 e. The summed E-state index contributed by atoms with van der Waals surface area (Å²) < 4.78 is 11.1. The fourth-order valence-electron chi connectivity index (χ4n) is 3.48. The van der Waals surface area contributed by atoms with Crippen LogP contribution in [0.4, 0.5) is 4.79 Å². The summed E-state index contributed by atoms with van der Waals surface area (Å²) in [6.45, 7) is 10.9. The van der Waals surface area contributed by atoms with Crippen LogP contribution in [0.15, 0.2) is 12.1 Å². The number of carbonyl (C=O) groups is 2. The zero-order chi connectivity index (χ0) is 20.9. The minimum atomic E-state index is -1.29. The Balaban J connectivity index is 2.03. The molecule has 1 aromatic carbocycles. The summed E-state index contributed by atoms with van der Waals surface area (Å²) in [5.41, 5.74) is 1.68. The van der Waals surface area contributed by atoms with Crippen LogP contribution in [0.1, 0.15) is 69.1 Å². The molecule has 1 unspecified atom stereocenters. The third-order valence-electron chi connectivity index (χ3n) is 5.25. The molecule has 1 aromatic rings. The van der Waals surface area contributed by atoms with E-state index in [1.807, 2.05) is 26.0 Å². The molecule has 0 saturated carbocycles. The molecular formula is C22H33NO5. The van der Waals surface area contributed by atoms with Gasteiger partial charge in [-0.15, -0.1) is 0 Å². The number of ether oxygens (including phenoxy) is 2. The summed E-state index contributed by atoms with van der Waals surface area (Å²) in [4.78, 5) is 25.4. The molecule has 2 rings (SSSR count). The van der Waals surface area contributed by atoms with E-state index >= 15 is 0 Å². The number of unbranched alkanes of at least 4 members (excludes halogenated alkanes) is 2. The molecule has 6 nitrogen and oxygen atoms in total. The van der Waals surface area contributed by atoms with Gasteiger partial charge in [-0.1, -0.05) is 31.9 Å². The number of likely N-dealkylation sites (tertiary alicyclic amines) is 1. The molecule has 1 aliphatic rings. The Morgan fingerprint density at radius 3 is 2.43 bits per heavy atom. The van der Waals surface area contributed by atoms with Crippen molar-refractivity contribution in [2.24, 2.45) is 0 Å². The third-order valence-corrected chi connectivity index (χ3v) is 5.25. The molecule has 1 atom stereocenters. The SMILES string of the molecule is CCCCCOC(=O)N1CCC(c2cc(C)c(OC(C)(C)C(=O)O)c(C)c2)C1. The summed E-state index contributed by atoms with van der Waals surface area (Å²) in [5.74, 6) is -0.136.